The SMILES string of the molecule is CCCCOC(=O)N1CCC(COc2ccc(-c3ccc(C(=O)OC)cc3F)nc2)CC1. The number of rotatable bonds is 8. The quantitative estimate of drug-likeness (QED) is 0.434. The van der Waals surface area contributed by atoms with Crippen LogP contribution >= 0.6 is 0 Å². The Labute approximate surface area is 187 Å². The van der Waals surface area contributed by atoms with E-state index in [1.54, 1.807) is 23.2 Å². The molecular weight excluding hydrogens is 415 g/mol. The number of unbranched alkanes of at least 4 members (excludes halogenated alkanes) is 1. The molecule has 0 atom stereocenters. The van der Waals surface area contributed by atoms with E-state index in [9.17, 15) is 14.0 Å². The van der Waals surface area contributed by atoms with E-state index in [0.29, 0.717) is 49.2 Å². The predicted octanol–water partition coefficient (Wildman–Crippen LogP) is 4.70. The number of likely N-dealkylation sites (tertiary alicyclic amines) is 1. The van der Waals surface area contributed by atoms with Gasteiger partial charge in [0.2, 0.25) is 0 Å². The molecule has 1 fully saturated rings. The summed E-state index contributed by atoms with van der Waals surface area (Å²) >= 11 is 0. The average molecular weight is 445 g/mol. The van der Waals surface area contributed by atoms with Crippen LogP contribution in [0.3, 0.4) is 0 Å². The van der Waals surface area contributed by atoms with Crippen molar-refractivity contribution in [3.63, 3.8) is 0 Å². The van der Waals surface area contributed by atoms with Gasteiger partial charge in [-0.1, -0.05) is 13.3 Å². The van der Waals surface area contributed by atoms with Gasteiger partial charge in [-0.15, -0.1) is 0 Å². The van der Waals surface area contributed by atoms with Gasteiger partial charge in [0.25, 0.3) is 0 Å². The van der Waals surface area contributed by atoms with Crippen molar-refractivity contribution in [1.29, 1.82) is 0 Å². The number of piperidine rings is 1. The summed E-state index contributed by atoms with van der Waals surface area (Å²) in [4.78, 5) is 29.6. The normalized spacial score (nSPS) is 14.2. The second-order valence-electron chi connectivity index (χ2n) is 7.77. The molecule has 1 aromatic carbocycles. The van der Waals surface area contributed by atoms with E-state index in [-0.39, 0.29) is 11.7 Å². The molecule has 1 amide bonds. The van der Waals surface area contributed by atoms with Gasteiger partial charge < -0.3 is 19.1 Å². The number of amides is 1. The topological polar surface area (TPSA) is 78.0 Å². The van der Waals surface area contributed by atoms with Crippen LogP contribution in [0, 0.1) is 11.7 Å². The number of methoxy groups -OCH3 is 1. The highest BCUT2D eigenvalue weighted by atomic mass is 19.1. The standard InChI is InChI=1S/C24H29FN2O5/c1-3-4-13-31-24(29)27-11-9-17(10-12-27)16-32-19-6-8-22(26-15-19)20-7-5-18(14-21(20)25)23(28)30-2/h5-8,14-15,17H,3-4,9-13,16H2,1-2H3. The minimum absolute atomic E-state index is 0.147. The summed E-state index contributed by atoms with van der Waals surface area (Å²) in [5.74, 6) is -0.195. The summed E-state index contributed by atoms with van der Waals surface area (Å²) in [7, 11) is 1.25. The Morgan fingerprint density at radius 1 is 1.19 bits per heavy atom. The number of hydrogen-bond acceptors (Lipinski definition) is 6. The number of benzene rings is 1. The molecule has 0 radical (unpaired) electrons. The Hall–Kier alpha value is -3.16. The fraction of sp³-hybridized carbons (Fsp3) is 0.458. The highest BCUT2D eigenvalue weighted by Crippen LogP contribution is 2.25. The summed E-state index contributed by atoms with van der Waals surface area (Å²) in [6, 6.07) is 7.57. The number of carbonyl (C=O) groups excluding carboxylic acids is 2. The Balaban J connectivity index is 1.48. The second kappa shape index (κ2) is 11.5. The van der Waals surface area contributed by atoms with E-state index in [1.807, 2.05) is 0 Å². The van der Waals surface area contributed by atoms with Gasteiger partial charge in [-0.3, -0.25) is 4.98 Å². The number of esters is 1. The molecule has 1 aliphatic heterocycles. The third kappa shape index (κ3) is 6.18. The van der Waals surface area contributed by atoms with Crippen molar-refractivity contribution in [2.75, 3.05) is 33.4 Å². The minimum Gasteiger partial charge on any atom is -0.492 e. The zero-order valence-electron chi connectivity index (χ0n) is 18.5. The van der Waals surface area contributed by atoms with Gasteiger partial charge in [-0.2, -0.15) is 0 Å². The Bertz CT molecular complexity index is 911. The van der Waals surface area contributed by atoms with Crippen LogP contribution in [0.25, 0.3) is 11.3 Å². The molecule has 7 nitrogen and oxygen atoms in total. The zero-order chi connectivity index (χ0) is 22.9. The van der Waals surface area contributed by atoms with Gasteiger partial charge in [-0.05, 0) is 55.5 Å². The van der Waals surface area contributed by atoms with E-state index in [0.717, 1.165) is 31.7 Å². The minimum atomic E-state index is -0.591. The first-order chi connectivity index (χ1) is 15.5. The molecule has 32 heavy (non-hydrogen) atoms. The summed E-state index contributed by atoms with van der Waals surface area (Å²) < 4.78 is 30.1. The largest absolute Gasteiger partial charge is 0.492 e. The first-order valence-corrected chi connectivity index (χ1v) is 10.9. The zero-order valence-corrected chi connectivity index (χ0v) is 18.5. The number of aromatic nitrogens is 1. The number of ether oxygens (including phenoxy) is 3. The molecule has 172 valence electrons. The maximum atomic E-state index is 14.4. The highest BCUT2D eigenvalue weighted by molar-refractivity contribution is 5.90. The Morgan fingerprint density at radius 2 is 1.97 bits per heavy atom. The summed E-state index contributed by atoms with van der Waals surface area (Å²) in [6.45, 7) is 4.39. The molecule has 0 bridgehead atoms. The molecule has 1 saturated heterocycles. The fourth-order valence-corrected chi connectivity index (χ4v) is 3.48. The third-order valence-corrected chi connectivity index (χ3v) is 5.48. The summed E-state index contributed by atoms with van der Waals surface area (Å²) in [5.41, 5.74) is 0.887. The lowest BCUT2D eigenvalue weighted by Gasteiger charge is -2.31. The van der Waals surface area contributed by atoms with Crippen molar-refractivity contribution in [3.8, 4) is 17.0 Å². The number of nitrogens with zero attached hydrogens (tertiary/aromatic N) is 2. The second-order valence-corrected chi connectivity index (χ2v) is 7.77. The Kier molecular flexibility index (Phi) is 8.41. The van der Waals surface area contributed by atoms with Crippen LogP contribution in [0.15, 0.2) is 36.5 Å². The van der Waals surface area contributed by atoms with Crippen molar-refractivity contribution in [3.05, 3.63) is 47.9 Å². The van der Waals surface area contributed by atoms with Crippen molar-refractivity contribution in [2.24, 2.45) is 5.92 Å². The third-order valence-electron chi connectivity index (χ3n) is 5.48. The monoisotopic (exact) mass is 444 g/mol. The van der Waals surface area contributed by atoms with Crippen LogP contribution in [-0.2, 0) is 9.47 Å². The van der Waals surface area contributed by atoms with Gasteiger partial charge in [0.15, 0.2) is 0 Å². The van der Waals surface area contributed by atoms with E-state index < -0.39 is 11.8 Å². The predicted molar refractivity (Wildman–Crippen MR) is 117 cm³/mol. The molecule has 0 saturated carbocycles. The van der Waals surface area contributed by atoms with Crippen molar-refractivity contribution in [1.82, 2.24) is 9.88 Å². The van der Waals surface area contributed by atoms with Crippen molar-refractivity contribution < 1.29 is 28.2 Å². The van der Waals surface area contributed by atoms with Crippen LogP contribution < -0.4 is 4.74 Å². The lowest BCUT2D eigenvalue weighted by Crippen LogP contribution is -2.40. The number of hydrogen-bond donors (Lipinski definition) is 0. The summed E-state index contributed by atoms with van der Waals surface area (Å²) in [5, 5.41) is 0. The Morgan fingerprint density at radius 3 is 2.59 bits per heavy atom. The molecule has 0 unspecified atom stereocenters. The smallest absolute Gasteiger partial charge is 0.409 e. The molecule has 0 aliphatic carbocycles. The molecule has 0 spiro atoms. The van der Waals surface area contributed by atoms with Crippen LogP contribution in [0.4, 0.5) is 9.18 Å². The maximum Gasteiger partial charge on any atom is 0.409 e. The van der Waals surface area contributed by atoms with Crippen molar-refractivity contribution >= 4 is 12.1 Å². The van der Waals surface area contributed by atoms with E-state index in [1.165, 1.54) is 19.2 Å². The molecule has 8 heteroatoms. The van der Waals surface area contributed by atoms with Crippen LogP contribution in [0.2, 0.25) is 0 Å². The molecule has 0 N–H and O–H groups in total. The van der Waals surface area contributed by atoms with E-state index in [2.05, 4.69) is 16.6 Å². The lowest BCUT2D eigenvalue weighted by molar-refractivity contribution is 0.0600. The number of pyridine rings is 1. The first-order valence-electron chi connectivity index (χ1n) is 10.9. The number of carbonyl (C=O) groups is 2. The maximum absolute atomic E-state index is 14.4. The molecule has 2 aromatic rings. The van der Waals surface area contributed by atoms with Gasteiger partial charge in [0.05, 0.1) is 37.8 Å². The summed E-state index contributed by atoms with van der Waals surface area (Å²) in [6.07, 6.45) is 4.92. The molecule has 1 aliphatic rings. The fourth-order valence-electron chi connectivity index (χ4n) is 3.48. The van der Waals surface area contributed by atoms with Gasteiger partial charge in [-0.25, -0.2) is 14.0 Å². The van der Waals surface area contributed by atoms with Gasteiger partial charge in [0, 0.05) is 18.7 Å². The van der Waals surface area contributed by atoms with Gasteiger partial charge >= 0.3 is 12.1 Å². The highest BCUT2D eigenvalue weighted by Gasteiger charge is 2.24. The van der Waals surface area contributed by atoms with Crippen LogP contribution in [0.5, 0.6) is 5.75 Å². The van der Waals surface area contributed by atoms with Crippen molar-refractivity contribution in [2.45, 2.75) is 32.6 Å². The van der Waals surface area contributed by atoms with E-state index >= 15 is 0 Å². The number of halogens is 1. The molecule has 1 aromatic heterocycles. The molecular formula is C24H29FN2O5. The van der Waals surface area contributed by atoms with Gasteiger partial charge in [0.1, 0.15) is 11.6 Å². The van der Waals surface area contributed by atoms with Crippen LogP contribution in [0.1, 0.15) is 43.0 Å². The molecule has 2 heterocycles. The average Bonchev–Trinajstić information content (AvgIpc) is 2.83. The van der Waals surface area contributed by atoms with E-state index in [4.69, 9.17) is 9.47 Å². The first kappa shape index (κ1) is 23.5. The lowest BCUT2D eigenvalue weighted by atomic mass is 9.98. The molecule has 3 rings (SSSR count). The van der Waals surface area contributed by atoms with Crippen LogP contribution in [-0.4, -0.2) is 55.4 Å².